The van der Waals surface area contributed by atoms with Crippen LogP contribution < -0.4 is 4.74 Å². The molecule has 0 spiro atoms. The second-order valence-electron chi connectivity index (χ2n) is 10.5. The molecule has 0 radical (unpaired) electrons. The van der Waals surface area contributed by atoms with Crippen LogP contribution in [0, 0.1) is 11.3 Å². The molecule has 0 bridgehead atoms. The number of nitriles is 1. The number of hydrogen-bond donors (Lipinski definition) is 0. The zero-order valence-corrected chi connectivity index (χ0v) is 25.9. The summed E-state index contributed by atoms with van der Waals surface area (Å²) in [5, 5.41) is 14.8. The number of hydrogen-bond acceptors (Lipinski definition) is 6. The molecule has 7 nitrogen and oxygen atoms in total. The van der Waals surface area contributed by atoms with Gasteiger partial charge in [0.1, 0.15) is 17.4 Å². The maximum atomic E-state index is 13.9. The SMILES string of the molecule is CCCCSc1ccc(-c2nn(-c3ccccc3)cc2/C=C2/C(=O)N(CCc3ccc(OC)cc3)C(=O)C(C#N)=C2C)cc1. The van der Waals surface area contributed by atoms with Crippen LogP contribution in [0.3, 0.4) is 0 Å². The second kappa shape index (κ2) is 14.1. The smallest absolute Gasteiger partial charge is 0.271 e. The topological polar surface area (TPSA) is 88.2 Å². The summed E-state index contributed by atoms with van der Waals surface area (Å²) in [4.78, 5) is 29.5. The van der Waals surface area contributed by atoms with Gasteiger partial charge in [0.25, 0.3) is 11.8 Å². The summed E-state index contributed by atoms with van der Waals surface area (Å²) in [6.07, 6.45) is 6.41. The van der Waals surface area contributed by atoms with E-state index in [1.807, 2.05) is 90.8 Å². The normalized spacial score (nSPS) is 14.3. The third-order valence-electron chi connectivity index (χ3n) is 7.57. The summed E-state index contributed by atoms with van der Waals surface area (Å²) in [6, 6.07) is 27.6. The molecule has 0 unspecified atom stereocenters. The molecule has 8 heteroatoms. The lowest BCUT2D eigenvalue weighted by atomic mass is 9.93. The van der Waals surface area contributed by atoms with Crippen molar-refractivity contribution in [3.8, 4) is 28.8 Å². The third-order valence-corrected chi connectivity index (χ3v) is 8.66. The number of para-hydroxylation sites is 1. The fraction of sp³-hybridized carbons (Fsp3) is 0.222. The Morgan fingerprint density at radius 2 is 1.70 bits per heavy atom. The van der Waals surface area contributed by atoms with E-state index >= 15 is 0 Å². The number of nitrogens with zero attached hydrogens (tertiary/aromatic N) is 4. The van der Waals surface area contributed by atoms with Gasteiger partial charge < -0.3 is 4.74 Å². The molecule has 0 aliphatic carbocycles. The lowest BCUT2D eigenvalue weighted by Gasteiger charge is -2.27. The predicted octanol–water partition coefficient (Wildman–Crippen LogP) is 7.28. The average Bonchev–Trinajstić information content (AvgIpc) is 3.48. The number of methoxy groups -OCH3 is 1. The second-order valence-corrected chi connectivity index (χ2v) is 11.6. The zero-order chi connectivity index (χ0) is 31.1. The number of unbranched alkanes of at least 4 members (excludes halogenated alkanes) is 1. The summed E-state index contributed by atoms with van der Waals surface area (Å²) in [5.41, 5.74) is 4.78. The van der Waals surface area contributed by atoms with Gasteiger partial charge in [0, 0.05) is 34.3 Å². The van der Waals surface area contributed by atoms with Gasteiger partial charge >= 0.3 is 0 Å². The Hall–Kier alpha value is -4.87. The van der Waals surface area contributed by atoms with Crippen LogP contribution in [-0.4, -0.2) is 45.9 Å². The molecule has 2 heterocycles. The Morgan fingerprint density at radius 3 is 2.36 bits per heavy atom. The number of amides is 2. The van der Waals surface area contributed by atoms with Gasteiger partial charge in [0.05, 0.1) is 18.5 Å². The predicted molar refractivity (Wildman–Crippen MR) is 174 cm³/mol. The van der Waals surface area contributed by atoms with Crippen molar-refractivity contribution in [2.45, 2.75) is 38.0 Å². The molecule has 3 aromatic carbocycles. The minimum absolute atomic E-state index is 0.0314. The summed E-state index contributed by atoms with van der Waals surface area (Å²) in [7, 11) is 1.60. The molecular formula is C36H34N4O3S. The van der Waals surface area contributed by atoms with E-state index in [0.717, 1.165) is 41.2 Å². The van der Waals surface area contributed by atoms with Crippen LogP contribution in [0.25, 0.3) is 23.0 Å². The molecule has 44 heavy (non-hydrogen) atoms. The van der Waals surface area contributed by atoms with E-state index in [0.29, 0.717) is 28.8 Å². The van der Waals surface area contributed by atoms with Crippen LogP contribution in [0.4, 0.5) is 0 Å². The molecule has 0 saturated carbocycles. The number of ether oxygens (including phenoxy) is 1. The van der Waals surface area contributed by atoms with Crippen molar-refractivity contribution in [1.29, 1.82) is 5.26 Å². The molecule has 222 valence electrons. The van der Waals surface area contributed by atoms with E-state index in [-0.39, 0.29) is 12.1 Å². The first-order valence-electron chi connectivity index (χ1n) is 14.6. The zero-order valence-electron chi connectivity index (χ0n) is 25.1. The van der Waals surface area contributed by atoms with Crippen LogP contribution in [0.15, 0.2) is 107 Å². The van der Waals surface area contributed by atoms with Crippen molar-refractivity contribution in [3.63, 3.8) is 0 Å². The van der Waals surface area contributed by atoms with Crippen LogP contribution >= 0.6 is 11.8 Å². The molecule has 1 aromatic heterocycles. The molecule has 5 rings (SSSR count). The maximum Gasteiger partial charge on any atom is 0.271 e. The van der Waals surface area contributed by atoms with Crippen molar-refractivity contribution in [3.05, 3.63) is 113 Å². The Labute approximate surface area is 262 Å². The Bertz CT molecular complexity index is 1750. The quantitative estimate of drug-likeness (QED) is 0.0776. The molecular weight excluding hydrogens is 568 g/mol. The Balaban J connectivity index is 1.52. The minimum Gasteiger partial charge on any atom is -0.497 e. The lowest BCUT2D eigenvalue weighted by molar-refractivity contribution is -0.140. The first-order valence-corrected chi connectivity index (χ1v) is 15.6. The fourth-order valence-electron chi connectivity index (χ4n) is 5.00. The number of carbonyl (C=O) groups excluding carboxylic acids is 2. The first-order chi connectivity index (χ1) is 21.4. The number of imide groups is 1. The van der Waals surface area contributed by atoms with Crippen LogP contribution in [0.5, 0.6) is 5.75 Å². The van der Waals surface area contributed by atoms with E-state index < -0.39 is 11.8 Å². The molecule has 0 saturated heterocycles. The van der Waals surface area contributed by atoms with Gasteiger partial charge in [0.2, 0.25) is 0 Å². The number of rotatable bonds is 11. The minimum atomic E-state index is -0.572. The van der Waals surface area contributed by atoms with E-state index in [9.17, 15) is 14.9 Å². The Morgan fingerprint density at radius 1 is 0.977 bits per heavy atom. The standard InChI is InChI=1S/C36H34N4O3S/c1-4-5-21-44-31-17-13-27(14-18-31)34-28(24-40(38-34)29-9-7-6-8-10-29)22-32-25(2)33(23-37)36(42)39(35(32)41)20-19-26-11-15-30(43-3)16-12-26/h6-18,22,24H,4-5,19-21H2,1-3H3/b32-22+. The van der Waals surface area contributed by atoms with Gasteiger partial charge in [-0.25, -0.2) is 4.68 Å². The number of carbonyl (C=O) groups is 2. The largest absolute Gasteiger partial charge is 0.497 e. The van der Waals surface area contributed by atoms with Gasteiger partial charge in [-0.2, -0.15) is 10.4 Å². The van der Waals surface area contributed by atoms with Crippen LogP contribution in [0.1, 0.15) is 37.8 Å². The third kappa shape index (κ3) is 6.69. The first kappa shape index (κ1) is 30.6. The van der Waals surface area contributed by atoms with Gasteiger partial charge in [0.15, 0.2) is 0 Å². The molecule has 2 amide bonds. The number of aromatic nitrogens is 2. The average molecular weight is 603 g/mol. The van der Waals surface area contributed by atoms with Crippen LogP contribution in [0.2, 0.25) is 0 Å². The van der Waals surface area contributed by atoms with Crippen molar-refractivity contribution in [2.24, 2.45) is 0 Å². The molecule has 0 fully saturated rings. The highest BCUT2D eigenvalue weighted by atomic mass is 32.2. The molecule has 0 N–H and O–H groups in total. The van der Waals surface area contributed by atoms with Crippen molar-refractivity contribution in [1.82, 2.24) is 14.7 Å². The maximum absolute atomic E-state index is 13.9. The number of thioether (sulfide) groups is 1. The summed E-state index contributed by atoms with van der Waals surface area (Å²) >= 11 is 1.83. The molecule has 1 aliphatic heterocycles. The summed E-state index contributed by atoms with van der Waals surface area (Å²) < 4.78 is 7.02. The monoisotopic (exact) mass is 602 g/mol. The van der Waals surface area contributed by atoms with Gasteiger partial charge in [-0.05, 0) is 79.1 Å². The van der Waals surface area contributed by atoms with E-state index in [2.05, 4.69) is 19.1 Å². The highest BCUT2D eigenvalue weighted by Gasteiger charge is 2.35. The van der Waals surface area contributed by atoms with Crippen molar-refractivity contribution < 1.29 is 14.3 Å². The van der Waals surface area contributed by atoms with Gasteiger partial charge in [-0.3, -0.25) is 14.5 Å². The van der Waals surface area contributed by atoms with E-state index in [1.165, 1.54) is 9.80 Å². The van der Waals surface area contributed by atoms with Crippen molar-refractivity contribution >= 4 is 29.7 Å². The molecule has 1 aliphatic rings. The fourth-order valence-corrected chi connectivity index (χ4v) is 5.99. The summed E-state index contributed by atoms with van der Waals surface area (Å²) in [6.45, 7) is 3.99. The van der Waals surface area contributed by atoms with E-state index in [4.69, 9.17) is 9.84 Å². The summed E-state index contributed by atoms with van der Waals surface area (Å²) in [5.74, 6) is 0.794. The molecule has 0 atom stereocenters. The van der Waals surface area contributed by atoms with Crippen molar-refractivity contribution in [2.75, 3.05) is 19.4 Å². The highest BCUT2D eigenvalue weighted by molar-refractivity contribution is 7.99. The molecule has 4 aromatic rings. The Kier molecular flexibility index (Phi) is 9.78. The van der Waals surface area contributed by atoms with Gasteiger partial charge in [-0.15, -0.1) is 11.8 Å². The van der Waals surface area contributed by atoms with Gasteiger partial charge in [-0.1, -0.05) is 55.8 Å². The van der Waals surface area contributed by atoms with E-state index in [1.54, 1.807) is 24.8 Å². The van der Waals surface area contributed by atoms with Crippen LogP contribution in [-0.2, 0) is 16.0 Å². The lowest BCUT2D eigenvalue weighted by Crippen LogP contribution is -2.43. The highest BCUT2D eigenvalue weighted by Crippen LogP contribution is 2.32. The number of benzene rings is 3.